The second kappa shape index (κ2) is 8.16. The van der Waals surface area contributed by atoms with Crippen molar-refractivity contribution in [3.8, 4) is 6.07 Å². The predicted octanol–water partition coefficient (Wildman–Crippen LogP) is 2.29. The third kappa shape index (κ3) is 5.61. The van der Waals surface area contributed by atoms with E-state index in [4.69, 9.17) is 11.0 Å². The molecule has 0 spiro atoms. The number of hydrogen-bond acceptors (Lipinski definition) is 3. The van der Waals surface area contributed by atoms with Gasteiger partial charge in [0, 0.05) is 19.0 Å². The molecule has 4 nitrogen and oxygen atoms in total. The molecule has 1 amide bonds. The minimum absolute atomic E-state index is 0.223. The van der Waals surface area contributed by atoms with Gasteiger partial charge in [-0.15, -0.1) is 0 Å². The first kappa shape index (κ1) is 16.0. The smallest absolute Gasteiger partial charge is 0.222 e. The highest BCUT2D eigenvalue weighted by molar-refractivity contribution is 5.76. The van der Waals surface area contributed by atoms with Crippen LogP contribution in [0.1, 0.15) is 52.4 Å². The average Bonchev–Trinajstić information content (AvgIpc) is 3.19. The van der Waals surface area contributed by atoms with E-state index in [9.17, 15) is 4.79 Å². The molecule has 0 aliphatic heterocycles. The molecule has 1 aliphatic rings. The quantitative estimate of drug-likeness (QED) is 0.695. The van der Waals surface area contributed by atoms with Gasteiger partial charge in [-0.1, -0.05) is 13.8 Å². The van der Waals surface area contributed by atoms with Crippen LogP contribution in [-0.4, -0.2) is 29.9 Å². The molecule has 0 radical (unpaired) electrons. The third-order valence-corrected chi connectivity index (χ3v) is 3.98. The van der Waals surface area contributed by atoms with Crippen molar-refractivity contribution in [2.24, 2.45) is 17.6 Å². The van der Waals surface area contributed by atoms with Crippen LogP contribution in [0.4, 0.5) is 0 Å². The van der Waals surface area contributed by atoms with Crippen molar-refractivity contribution >= 4 is 5.91 Å². The maximum atomic E-state index is 12.2. The number of hydrogen-bond donors (Lipinski definition) is 1. The summed E-state index contributed by atoms with van der Waals surface area (Å²) in [5.74, 6) is 1.33. The van der Waals surface area contributed by atoms with Gasteiger partial charge in [-0.3, -0.25) is 4.79 Å². The molecule has 0 heterocycles. The standard InChI is InChI=1S/C15H27N3O/c1-12(2)13(8-10-17)4-7-15(19)18(11-3-9-16)14-5-6-14/h12-14H,3-8,10-11,17H2,1-2H3. The van der Waals surface area contributed by atoms with Gasteiger partial charge in [0.2, 0.25) is 5.91 Å². The first-order chi connectivity index (χ1) is 9.10. The summed E-state index contributed by atoms with van der Waals surface area (Å²) in [5.41, 5.74) is 5.63. The lowest BCUT2D eigenvalue weighted by atomic mass is 9.88. The van der Waals surface area contributed by atoms with Gasteiger partial charge in [-0.05, 0) is 44.1 Å². The Labute approximate surface area is 116 Å². The normalized spacial score (nSPS) is 16.2. The Morgan fingerprint density at radius 1 is 1.42 bits per heavy atom. The van der Waals surface area contributed by atoms with Crippen LogP contribution in [0.15, 0.2) is 0 Å². The zero-order chi connectivity index (χ0) is 14.3. The van der Waals surface area contributed by atoms with Crippen molar-refractivity contribution < 1.29 is 4.79 Å². The van der Waals surface area contributed by atoms with E-state index in [1.807, 2.05) is 4.90 Å². The summed E-state index contributed by atoms with van der Waals surface area (Å²) in [6.07, 6.45) is 5.17. The Bertz CT molecular complexity index is 318. The summed E-state index contributed by atoms with van der Waals surface area (Å²) < 4.78 is 0. The van der Waals surface area contributed by atoms with E-state index in [1.54, 1.807) is 0 Å². The molecular formula is C15H27N3O. The second-order valence-corrected chi connectivity index (χ2v) is 5.85. The van der Waals surface area contributed by atoms with Gasteiger partial charge in [0.15, 0.2) is 0 Å². The molecule has 1 unspecified atom stereocenters. The van der Waals surface area contributed by atoms with Crippen molar-refractivity contribution in [2.75, 3.05) is 13.1 Å². The molecule has 2 N–H and O–H groups in total. The molecule has 0 saturated heterocycles. The van der Waals surface area contributed by atoms with Gasteiger partial charge >= 0.3 is 0 Å². The average molecular weight is 265 g/mol. The van der Waals surface area contributed by atoms with Crippen molar-refractivity contribution in [1.82, 2.24) is 4.90 Å². The maximum absolute atomic E-state index is 12.2. The van der Waals surface area contributed by atoms with Crippen LogP contribution >= 0.6 is 0 Å². The summed E-state index contributed by atoms with van der Waals surface area (Å²) in [6, 6.07) is 2.54. The van der Waals surface area contributed by atoms with E-state index in [-0.39, 0.29) is 5.91 Å². The van der Waals surface area contributed by atoms with Gasteiger partial charge in [0.05, 0.1) is 12.5 Å². The molecule has 0 bridgehead atoms. The lowest BCUT2D eigenvalue weighted by molar-refractivity contribution is -0.132. The van der Waals surface area contributed by atoms with Gasteiger partial charge in [0.25, 0.3) is 0 Å². The molecule has 4 heteroatoms. The van der Waals surface area contributed by atoms with E-state index < -0.39 is 0 Å². The Hall–Kier alpha value is -1.08. The zero-order valence-corrected chi connectivity index (χ0v) is 12.3. The first-order valence-electron chi connectivity index (χ1n) is 7.46. The van der Waals surface area contributed by atoms with E-state index in [1.165, 1.54) is 0 Å². The molecule has 1 saturated carbocycles. The number of carbonyl (C=O) groups excluding carboxylic acids is 1. The number of nitriles is 1. The van der Waals surface area contributed by atoms with Gasteiger partial charge in [0.1, 0.15) is 0 Å². The number of nitrogens with two attached hydrogens (primary N) is 1. The number of amides is 1. The van der Waals surface area contributed by atoms with Crippen LogP contribution in [0.5, 0.6) is 0 Å². The zero-order valence-electron chi connectivity index (χ0n) is 12.3. The third-order valence-electron chi connectivity index (χ3n) is 3.98. The summed E-state index contributed by atoms with van der Waals surface area (Å²) in [5, 5.41) is 8.66. The Morgan fingerprint density at radius 2 is 2.11 bits per heavy atom. The summed E-state index contributed by atoms with van der Waals surface area (Å²) in [4.78, 5) is 14.2. The predicted molar refractivity (Wildman–Crippen MR) is 76.2 cm³/mol. The van der Waals surface area contributed by atoms with Crippen molar-refractivity contribution in [3.63, 3.8) is 0 Å². The Balaban J connectivity index is 2.40. The highest BCUT2D eigenvalue weighted by Gasteiger charge is 2.32. The van der Waals surface area contributed by atoms with Crippen LogP contribution in [0.25, 0.3) is 0 Å². The first-order valence-corrected chi connectivity index (χ1v) is 7.46. The minimum Gasteiger partial charge on any atom is -0.339 e. The topological polar surface area (TPSA) is 70.1 Å². The van der Waals surface area contributed by atoms with E-state index >= 15 is 0 Å². The van der Waals surface area contributed by atoms with E-state index in [0.717, 1.165) is 25.7 Å². The van der Waals surface area contributed by atoms with Gasteiger partial charge in [-0.2, -0.15) is 5.26 Å². The van der Waals surface area contributed by atoms with E-state index in [2.05, 4.69) is 19.9 Å². The monoisotopic (exact) mass is 265 g/mol. The fourth-order valence-corrected chi connectivity index (χ4v) is 2.55. The van der Waals surface area contributed by atoms with Gasteiger partial charge < -0.3 is 10.6 Å². The van der Waals surface area contributed by atoms with E-state index in [0.29, 0.717) is 43.8 Å². The maximum Gasteiger partial charge on any atom is 0.222 e. The molecule has 0 aromatic carbocycles. The largest absolute Gasteiger partial charge is 0.339 e. The number of carbonyl (C=O) groups is 1. The molecule has 1 rings (SSSR count). The molecule has 0 aromatic rings. The minimum atomic E-state index is 0.223. The summed E-state index contributed by atoms with van der Waals surface area (Å²) >= 11 is 0. The van der Waals surface area contributed by atoms with Crippen LogP contribution < -0.4 is 5.73 Å². The van der Waals surface area contributed by atoms with Crippen molar-refractivity contribution in [1.29, 1.82) is 5.26 Å². The number of rotatable bonds is 9. The van der Waals surface area contributed by atoms with Crippen molar-refractivity contribution in [3.05, 3.63) is 0 Å². The van der Waals surface area contributed by atoms with Crippen LogP contribution in [0.2, 0.25) is 0 Å². The fourth-order valence-electron chi connectivity index (χ4n) is 2.55. The number of nitrogens with zero attached hydrogens (tertiary/aromatic N) is 2. The lowest BCUT2D eigenvalue weighted by Gasteiger charge is -2.24. The molecular weight excluding hydrogens is 238 g/mol. The van der Waals surface area contributed by atoms with Crippen molar-refractivity contribution in [2.45, 2.75) is 58.4 Å². The summed E-state index contributed by atoms with van der Waals surface area (Å²) in [7, 11) is 0. The van der Waals surface area contributed by atoms with Gasteiger partial charge in [-0.25, -0.2) is 0 Å². The highest BCUT2D eigenvalue weighted by atomic mass is 16.2. The SMILES string of the molecule is CC(C)C(CCN)CCC(=O)N(CCC#N)C1CC1. The summed E-state index contributed by atoms with van der Waals surface area (Å²) in [6.45, 7) is 5.68. The second-order valence-electron chi connectivity index (χ2n) is 5.85. The molecule has 1 atom stereocenters. The van der Waals surface area contributed by atoms with Crippen LogP contribution in [0.3, 0.4) is 0 Å². The molecule has 0 aromatic heterocycles. The molecule has 108 valence electrons. The Morgan fingerprint density at radius 3 is 2.58 bits per heavy atom. The fraction of sp³-hybridized carbons (Fsp3) is 0.867. The molecule has 1 aliphatic carbocycles. The lowest BCUT2D eigenvalue weighted by Crippen LogP contribution is -2.34. The van der Waals surface area contributed by atoms with Crippen LogP contribution in [0, 0.1) is 23.2 Å². The van der Waals surface area contributed by atoms with Crippen LogP contribution in [-0.2, 0) is 4.79 Å². The Kier molecular flexibility index (Phi) is 6.86. The molecule has 19 heavy (non-hydrogen) atoms. The highest BCUT2D eigenvalue weighted by Crippen LogP contribution is 2.28. The molecule has 1 fully saturated rings.